The molecule has 0 aliphatic rings. The third-order valence-electron chi connectivity index (χ3n) is 2.34. The second-order valence-electron chi connectivity index (χ2n) is 3.55. The first-order valence-electron chi connectivity index (χ1n) is 5.04. The molecule has 0 atom stereocenters. The summed E-state index contributed by atoms with van der Waals surface area (Å²) in [5, 5.41) is 20.0. The Morgan fingerprint density at radius 2 is 1.35 bits per heavy atom. The molecule has 0 unspecified atom stereocenters. The number of phenolic OH excluding ortho intramolecular Hbond substituents is 1. The maximum absolute atomic E-state index is 10.4. The van der Waals surface area contributed by atoms with E-state index >= 15 is 0 Å². The molecule has 0 bridgehead atoms. The van der Waals surface area contributed by atoms with Crippen LogP contribution in [0.15, 0.2) is 48.5 Å². The van der Waals surface area contributed by atoms with Gasteiger partial charge in [-0.25, -0.2) is 4.79 Å². The summed E-state index contributed by atoms with van der Waals surface area (Å²) in [6, 6.07) is 13.8. The van der Waals surface area contributed by atoms with Gasteiger partial charge in [-0.1, -0.05) is 24.3 Å². The van der Waals surface area contributed by atoms with Gasteiger partial charge in [0.25, 0.3) is 0 Å². The highest BCUT2D eigenvalue weighted by Gasteiger charge is 2.00. The summed E-state index contributed by atoms with van der Waals surface area (Å²) in [4.78, 5) is 10.4. The normalized spacial score (nSPS) is 9.88. The molecule has 1 amide bonds. The molecule has 0 spiro atoms. The van der Waals surface area contributed by atoms with E-state index in [1.54, 1.807) is 36.4 Å². The number of aromatic hydroxyl groups is 1. The quantitative estimate of drug-likeness (QED) is 0.740. The maximum atomic E-state index is 10.4. The molecule has 3 N–H and O–H groups in total. The van der Waals surface area contributed by atoms with E-state index in [1.165, 1.54) is 0 Å². The van der Waals surface area contributed by atoms with Crippen molar-refractivity contribution in [2.45, 2.75) is 0 Å². The largest absolute Gasteiger partial charge is 0.508 e. The van der Waals surface area contributed by atoms with Gasteiger partial charge in [0.05, 0.1) is 0 Å². The Hall–Kier alpha value is -2.49. The molecule has 0 aliphatic carbocycles. The number of carboxylic acid groups (broad SMARTS) is 1. The monoisotopic (exact) mass is 229 g/mol. The number of nitrogens with one attached hydrogen (secondary N) is 1. The molecule has 17 heavy (non-hydrogen) atoms. The minimum absolute atomic E-state index is 0.220. The number of hydrogen-bond donors (Lipinski definition) is 3. The molecule has 4 heteroatoms. The van der Waals surface area contributed by atoms with Crippen LogP contribution in [0.1, 0.15) is 0 Å². The van der Waals surface area contributed by atoms with Crippen LogP contribution >= 0.6 is 0 Å². The van der Waals surface area contributed by atoms with Crippen LogP contribution in [0.4, 0.5) is 10.5 Å². The molecular weight excluding hydrogens is 218 g/mol. The van der Waals surface area contributed by atoms with E-state index in [0.717, 1.165) is 11.1 Å². The van der Waals surface area contributed by atoms with Crippen molar-refractivity contribution in [3.05, 3.63) is 48.5 Å². The summed E-state index contributed by atoms with van der Waals surface area (Å²) in [6.45, 7) is 0. The topological polar surface area (TPSA) is 69.6 Å². The highest BCUT2D eigenvalue weighted by molar-refractivity contribution is 5.83. The Bertz CT molecular complexity index is 517. The fraction of sp³-hybridized carbons (Fsp3) is 0. The molecule has 0 heterocycles. The Morgan fingerprint density at radius 3 is 1.82 bits per heavy atom. The fourth-order valence-electron chi connectivity index (χ4n) is 1.52. The number of rotatable bonds is 2. The molecule has 86 valence electrons. The van der Waals surface area contributed by atoms with Crippen LogP contribution < -0.4 is 5.32 Å². The van der Waals surface area contributed by atoms with Gasteiger partial charge >= 0.3 is 6.09 Å². The lowest BCUT2D eigenvalue weighted by molar-refractivity contribution is 0.210. The van der Waals surface area contributed by atoms with E-state index in [0.29, 0.717) is 5.69 Å². The molecule has 4 nitrogen and oxygen atoms in total. The summed E-state index contributed by atoms with van der Waals surface area (Å²) >= 11 is 0. The number of phenols is 1. The standard InChI is InChI=1S/C13H11NO3/c15-12-7-3-10(4-8-12)9-1-5-11(6-2-9)14-13(16)17/h1-8,14-15H,(H,16,17). The number of anilines is 1. The van der Waals surface area contributed by atoms with E-state index < -0.39 is 6.09 Å². The van der Waals surface area contributed by atoms with Gasteiger partial charge in [-0.15, -0.1) is 0 Å². The minimum atomic E-state index is -1.08. The molecule has 0 aliphatic heterocycles. The van der Waals surface area contributed by atoms with E-state index in [2.05, 4.69) is 5.32 Å². The van der Waals surface area contributed by atoms with Gasteiger partial charge in [-0.2, -0.15) is 0 Å². The predicted octanol–water partition coefficient (Wildman–Crippen LogP) is 3.15. The molecular formula is C13H11NO3. The maximum Gasteiger partial charge on any atom is 0.409 e. The van der Waals surface area contributed by atoms with Crippen molar-refractivity contribution in [3.63, 3.8) is 0 Å². The smallest absolute Gasteiger partial charge is 0.409 e. The molecule has 0 fully saturated rings. The summed E-state index contributed by atoms with van der Waals surface area (Å²) in [6.07, 6.45) is -1.08. The van der Waals surface area contributed by atoms with Crippen LogP contribution in [0.5, 0.6) is 5.75 Å². The summed E-state index contributed by atoms with van der Waals surface area (Å²) in [7, 11) is 0. The average molecular weight is 229 g/mol. The summed E-state index contributed by atoms with van der Waals surface area (Å²) < 4.78 is 0. The van der Waals surface area contributed by atoms with E-state index in [4.69, 9.17) is 5.11 Å². The lowest BCUT2D eigenvalue weighted by Crippen LogP contribution is -2.06. The van der Waals surface area contributed by atoms with Crippen LogP contribution in [-0.2, 0) is 0 Å². The van der Waals surface area contributed by atoms with Gasteiger partial charge in [0.2, 0.25) is 0 Å². The van der Waals surface area contributed by atoms with Gasteiger partial charge in [0, 0.05) is 5.69 Å². The van der Waals surface area contributed by atoms with Crippen LogP contribution in [0.3, 0.4) is 0 Å². The number of benzene rings is 2. The second kappa shape index (κ2) is 4.57. The Labute approximate surface area is 98.2 Å². The number of carbonyl (C=O) groups is 1. The second-order valence-corrected chi connectivity index (χ2v) is 3.55. The number of amides is 1. The zero-order valence-electron chi connectivity index (χ0n) is 8.92. The van der Waals surface area contributed by atoms with Crippen LogP contribution in [0.25, 0.3) is 11.1 Å². The lowest BCUT2D eigenvalue weighted by Gasteiger charge is -2.04. The van der Waals surface area contributed by atoms with Gasteiger partial charge in [-0.05, 0) is 35.4 Å². The fourth-order valence-corrected chi connectivity index (χ4v) is 1.52. The molecule has 2 aromatic rings. The van der Waals surface area contributed by atoms with Crippen LogP contribution in [0.2, 0.25) is 0 Å². The third-order valence-corrected chi connectivity index (χ3v) is 2.34. The number of hydrogen-bond acceptors (Lipinski definition) is 2. The van der Waals surface area contributed by atoms with Crippen LogP contribution in [0, 0.1) is 0 Å². The first-order valence-corrected chi connectivity index (χ1v) is 5.04. The van der Waals surface area contributed by atoms with Crippen molar-refractivity contribution in [1.29, 1.82) is 0 Å². The zero-order valence-corrected chi connectivity index (χ0v) is 8.92. The molecule has 2 rings (SSSR count). The first-order chi connectivity index (χ1) is 8.15. The van der Waals surface area contributed by atoms with Crippen molar-refractivity contribution in [3.8, 4) is 16.9 Å². The van der Waals surface area contributed by atoms with Crippen molar-refractivity contribution in [2.75, 3.05) is 5.32 Å². The Kier molecular flexibility index (Phi) is 2.96. The average Bonchev–Trinajstić information content (AvgIpc) is 2.30. The van der Waals surface area contributed by atoms with Gasteiger partial charge in [0.15, 0.2) is 0 Å². The third kappa shape index (κ3) is 2.75. The highest BCUT2D eigenvalue weighted by Crippen LogP contribution is 2.23. The van der Waals surface area contributed by atoms with Crippen LogP contribution in [-0.4, -0.2) is 16.3 Å². The lowest BCUT2D eigenvalue weighted by atomic mass is 10.1. The molecule has 0 saturated carbocycles. The Balaban J connectivity index is 2.23. The molecule has 2 aromatic carbocycles. The van der Waals surface area contributed by atoms with E-state index in [1.807, 2.05) is 12.1 Å². The van der Waals surface area contributed by atoms with Gasteiger partial charge < -0.3 is 10.2 Å². The predicted molar refractivity (Wildman–Crippen MR) is 65.2 cm³/mol. The van der Waals surface area contributed by atoms with E-state index in [9.17, 15) is 9.90 Å². The van der Waals surface area contributed by atoms with Crippen molar-refractivity contribution >= 4 is 11.8 Å². The van der Waals surface area contributed by atoms with Gasteiger partial charge in [0.1, 0.15) is 5.75 Å². The first kappa shape index (κ1) is 11.0. The van der Waals surface area contributed by atoms with E-state index in [-0.39, 0.29) is 5.75 Å². The van der Waals surface area contributed by atoms with Crippen molar-refractivity contribution in [1.82, 2.24) is 0 Å². The molecule has 0 radical (unpaired) electrons. The zero-order chi connectivity index (χ0) is 12.3. The van der Waals surface area contributed by atoms with Crippen molar-refractivity contribution in [2.24, 2.45) is 0 Å². The van der Waals surface area contributed by atoms with Crippen molar-refractivity contribution < 1.29 is 15.0 Å². The Morgan fingerprint density at radius 1 is 0.882 bits per heavy atom. The summed E-state index contributed by atoms with van der Waals surface area (Å²) in [5.74, 6) is 0.220. The summed E-state index contributed by atoms with van der Waals surface area (Å²) in [5.41, 5.74) is 2.45. The molecule has 0 aromatic heterocycles. The highest BCUT2D eigenvalue weighted by atomic mass is 16.4. The minimum Gasteiger partial charge on any atom is -0.508 e. The molecule has 0 saturated heterocycles. The van der Waals surface area contributed by atoms with Gasteiger partial charge in [-0.3, -0.25) is 5.32 Å². The SMILES string of the molecule is O=C(O)Nc1ccc(-c2ccc(O)cc2)cc1.